The standard InChI is InChI=1S/C27H25N5O2S2/c1-18(2)30-17-5-7-24(30)26-25(23-6-3-4-16-28-23)29-27(35)31(26)19-8-12-21(13-9-19)36-22-14-10-20(11-15-22)32(33)34/h3-18,25-26H,1-2H3,(H,29,35)/t25-,26+/m1/s1. The number of nitro groups is 1. The van der Waals surface area contributed by atoms with Crippen LogP contribution < -0.4 is 10.2 Å². The maximum atomic E-state index is 10.9. The summed E-state index contributed by atoms with van der Waals surface area (Å²) in [6.45, 7) is 4.35. The van der Waals surface area contributed by atoms with Crippen LogP contribution in [0.1, 0.15) is 43.4 Å². The lowest BCUT2D eigenvalue weighted by molar-refractivity contribution is -0.384. The van der Waals surface area contributed by atoms with E-state index in [1.165, 1.54) is 12.1 Å². The first-order valence-electron chi connectivity index (χ1n) is 11.6. The number of pyridine rings is 1. The Labute approximate surface area is 219 Å². The first-order chi connectivity index (χ1) is 17.4. The van der Waals surface area contributed by atoms with Crippen molar-refractivity contribution in [2.45, 2.75) is 41.8 Å². The molecule has 0 amide bonds. The fraction of sp³-hybridized carbons (Fsp3) is 0.185. The van der Waals surface area contributed by atoms with E-state index in [1.54, 1.807) is 23.9 Å². The van der Waals surface area contributed by atoms with E-state index in [9.17, 15) is 10.1 Å². The van der Waals surface area contributed by atoms with Crippen molar-refractivity contribution < 1.29 is 4.92 Å². The van der Waals surface area contributed by atoms with Crippen molar-refractivity contribution in [1.82, 2.24) is 14.9 Å². The highest BCUT2D eigenvalue weighted by molar-refractivity contribution is 7.99. The van der Waals surface area contributed by atoms with Gasteiger partial charge in [0.15, 0.2) is 5.11 Å². The van der Waals surface area contributed by atoms with Gasteiger partial charge in [-0.25, -0.2) is 0 Å². The average molecular weight is 516 g/mol. The number of rotatable bonds is 7. The molecule has 5 rings (SSSR count). The smallest absolute Gasteiger partial charge is 0.269 e. The molecule has 0 radical (unpaired) electrons. The lowest BCUT2D eigenvalue weighted by Crippen LogP contribution is -2.30. The molecular formula is C27H25N5O2S2. The molecule has 182 valence electrons. The Morgan fingerprint density at radius 2 is 1.69 bits per heavy atom. The van der Waals surface area contributed by atoms with E-state index in [0.717, 1.165) is 26.9 Å². The summed E-state index contributed by atoms with van der Waals surface area (Å²) in [5, 5.41) is 15.1. The van der Waals surface area contributed by atoms with Gasteiger partial charge in [0.1, 0.15) is 6.04 Å². The summed E-state index contributed by atoms with van der Waals surface area (Å²) in [6.07, 6.45) is 3.92. The molecule has 2 aromatic carbocycles. The van der Waals surface area contributed by atoms with Gasteiger partial charge in [0, 0.05) is 51.7 Å². The van der Waals surface area contributed by atoms with Crippen LogP contribution in [0.25, 0.3) is 0 Å². The SMILES string of the molecule is CC(C)n1cccc1[C@H]1[C@@H](c2ccccn2)NC(=S)N1c1ccc(Sc2ccc([N+](=O)[O-])cc2)cc1. The molecule has 4 aromatic rings. The second kappa shape index (κ2) is 10.1. The molecule has 0 aliphatic carbocycles. The van der Waals surface area contributed by atoms with E-state index < -0.39 is 0 Å². The number of hydrogen-bond donors (Lipinski definition) is 1. The van der Waals surface area contributed by atoms with Crippen LogP contribution in [0.5, 0.6) is 0 Å². The lowest BCUT2D eigenvalue weighted by atomic mass is 10.0. The van der Waals surface area contributed by atoms with Crippen molar-refractivity contribution in [3.05, 3.63) is 113 Å². The summed E-state index contributed by atoms with van der Waals surface area (Å²) in [5.41, 5.74) is 3.18. The Kier molecular flexibility index (Phi) is 6.75. The second-order valence-corrected chi connectivity index (χ2v) is 10.3. The number of benzene rings is 2. The molecule has 9 heteroatoms. The summed E-state index contributed by atoms with van der Waals surface area (Å²) in [4.78, 5) is 19.3. The molecule has 7 nitrogen and oxygen atoms in total. The van der Waals surface area contributed by atoms with Crippen LogP contribution in [-0.4, -0.2) is 19.6 Å². The average Bonchev–Trinajstić information content (AvgIpc) is 3.50. The van der Waals surface area contributed by atoms with Gasteiger partial charge in [-0.15, -0.1) is 0 Å². The molecule has 1 aliphatic rings. The fourth-order valence-corrected chi connectivity index (χ4v) is 5.67. The van der Waals surface area contributed by atoms with E-state index in [0.29, 0.717) is 11.2 Å². The van der Waals surface area contributed by atoms with Gasteiger partial charge in [0.05, 0.1) is 16.7 Å². The summed E-state index contributed by atoms with van der Waals surface area (Å²) in [5.74, 6) is 0. The van der Waals surface area contributed by atoms with Gasteiger partial charge in [0.2, 0.25) is 0 Å². The van der Waals surface area contributed by atoms with Crippen LogP contribution in [0.4, 0.5) is 11.4 Å². The van der Waals surface area contributed by atoms with Crippen molar-refractivity contribution in [2.24, 2.45) is 0 Å². The number of anilines is 1. The van der Waals surface area contributed by atoms with Crippen molar-refractivity contribution in [1.29, 1.82) is 0 Å². The molecule has 36 heavy (non-hydrogen) atoms. The first-order valence-corrected chi connectivity index (χ1v) is 12.8. The van der Waals surface area contributed by atoms with Gasteiger partial charge in [-0.3, -0.25) is 15.1 Å². The minimum atomic E-state index is -0.388. The largest absolute Gasteiger partial charge is 0.351 e. The second-order valence-electron chi connectivity index (χ2n) is 8.78. The fourth-order valence-electron chi connectivity index (χ4n) is 4.51. The molecule has 0 unspecified atom stereocenters. The summed E-state index contributed by atoms with van der Waals surface area (Å²) >= 11 is 7.41. The zero-order valence-electron chi connectivity index (χ0n) is 19.8. The molecule has 0 saturated carbocycles. The van der Waals surface area contributed by atoms with Gasteiger partial charge in [-0.1, -0.05) is 17.8 Å². The molecule has 1 aliphatic heterocycles. The Bertz CT molecular complexity index is 1370. The lowest BCUT2D eigenvalue weighted by Gasteiger charge is -2.30. The van der Waals surface area contributed by atoms with E-state index in [-0.39, 0.29) is 22.7 Å². The number of hydrogen-bond acceptors (Lipinski definition) is 5. The number of non-ortho nitro benzene ring substituents is 1. The van der Waals surface area contributed by atoms with Gasteiger partial charge >= 0.3 is 0 Å². The zero-order valence-corrected chi connectivity index (χ0v) is 21.4. The highest BCUT2D eigenvalue weighted by Crippen LogP contribution is 2.42. The third-order valence-electron chi connectivity index (χ3n) is 6.17. The molecule has 1 N–H and O–H groups in total. The quantitative estimate of drug-likeness (QED) is 0.167. The highest BCUT2D eigenvalue weighted by Gasteiger charge is 2.42. The van der Waals surface area contributed by atoms with Crippen LogP contribution >= 0.6 is 24.0 Å². The Hall–Kier alpha value is -3.69. The number of thiocarbonyl (C=S) groups is 1. The third-order valence-corrected chi connectivity index (χ3v) is 7.50. The van der Waals surface area contributed by atoms with Crippen LogP contribution in [0.3, 0.4) is 0 Å². The zero-order chi connectivity index (χ0) is 25.2. The molecule has 1 saturated heterocycles. The number of nitrogens with zero attached hydrogens (tertiary/aromatic N) is 4. The number of nitrogens with one attached hydrogen (secondary N) is 1. The van der Waals surface area contributed by atoms with Crippen molar-refractivity contribution in [2.75, 3.05) is 4.90 Å². The molecule has 0 spiro atoms. The van der Waals surface area contributed by atoms with Gasteiger partial charge in [-0.2, -0.15) is 0 Å². The van der Waals surface area contributed by atoms with Gasteiger partial charge in [0.25, 0.3) is 5.69 Å². The number of nitro benzene ring substituents is 1. The topological polar surface area (TPSA) is 76.2 Å². The third kappa shape index (κ3) is 4.72. The van der Waals surface area contributed by atoms with Crippen LogP contribution in [0.2, 0.25) is 0 Å². The molecular weight excluding hydrogens is 490 g/mol. The van der Waals surface area contributed by atoms with Crippen LogP contribution in [-0.2, 0) is 0 Å². The summed E-state index contributed by atoms with van der Waals surface area (Å²) in [7, 11) is 0. The maximum Gasteiger partial charge on any atom is 0.269 e. The van der Waals surface area contributed by atoms with Crippen LogP contribution in [0.15, 0.2) is 101 Å². The Morgan fingerprint density at radius 1 is 1.00 bits per heavy atom. The van der Waals surface area contributed by atoms with E-state index in [1.807, 2.05) is 24.4 Å². The maximum absolute atomic E-state index is 10.9. The van der Waals surface area contributed by atoms with E-state index in [2.05, 4.69) is 76.2 Å². The van der Waals surface area contributed by atoms with Gasteiger partial charge < -0.3 is 14.8 Å². The Morgan fingerprint density at radius 3 is 2.31 bits per heavy atom. The molecule has 1 fully saturated rings. The van der Waals surface area contributed by atoms with Crippen molar-refractivity contribution in [3.8, 4) is 0 Å². The van der Waals surface area contributed by atoms with Crippen molar-refractivity contribution >= 4 is 40.5 Å². The number of aromatic nitrogens is 2. The van der Waals surface area contributed by atoms with E-state index in [4.69, 9.17) is 12.2 Å². The van der Waals surface area contributed by atoms with Gasteiger partial charge in [-0.05, 0) is 86.7 Å². The minimum Gasteiger partial charge on any atom is -0.351 e. The molecule has 3 heterocycles. The minimum absolute atomic E-state index is 0.0713. The van der Waals surface area contributed by atoms with E-state index >= 15 is 0 Å². The normalized spacial score (nSPS) is 17.4. The Balaban J connectivity index is 1.46. The van der Waals surface area contributed by atoms with Crippen LogP contribution in [0, 0.1) is 10.1 Å². The highest BCUT2D eigenvalue weighted by atomic mass is 32.2. The first kappa shape index (κ1) is 24.0. The summed E-state index contributed by atoms with van der Waals surface area (Å²) in [6, 6.07) is 25.1. The predicted octanol–water partition coefficient (Wildman–Crippen LogP) is 6.70. The molecule has 0 bridgehead atoms. The predicted molar refractivity (Wildman–Crippen MR) is 146 cm³/mol. The monoisotopic (exact) mass is 515 g/mol. The van der Waals surface area contributed by atoms with Crippen molar-refractivity contribution in [3.63, 3.8) is 0 Å². The molecule has 2 atom stereocenters. The molecule has 2 aromatic heterocycles. The summed E-state index contributed by atoms with van der Waals surface area (Å²) < 4.78 is 2.28.